The van der Waals surface area contributed by atoms with E-state index in [4.69, 9.17) is 4.74 Å². The van der Waals surface area contributed by atoms with E-state index in [0.717, 1.165) is 6.42 Å². The third-order valence-corrected chi connectivity index (χ3v) is 3.98. The van der Waals surface area contributed by atoms with Crippen molar-refractivity contribution < 1.29 is 24.1 Å². The summed E-state index contributed by atoms with van der Waals surface area (Å²) in [4.78, 5) is 12.1. The van der Waals surface area contributed by atoms with E-state index < -0.39 is 23.6 Å². The van der Waals surface area contributed by atoms with Crippen LogP contribution in [0.1, 0.15) is 29.6 Å². The molecule has 2 unspecified atom stereocenters. The summed E-state index contributed by atoms with van der Waals surface area (Å²) in [6.07, 6.45) is 1.50. The number of hydrogen-bond donors (Lipinski definition) is 3. The zero-order valence-electron chi connectivity index (χ0n) is 10.8. The number of nitrogens with one attached hydrogen (secondary N) is 1. The van der Waals surface area contributed by atoms with Crippen molar-refractivity contribution in [3.63, 3.8) is 0 Å². The number of aromatic hydroxyl groups is 1. The number of aliphatic hydroxyl groups excluding tert-OH is 1. The lowest BCUT2D eigenvalue weighted by atomic mass is 10.1. The molecule has 20 heavy (non-hydrogen) atoms. The molecule has 1 aliphatic rings. The third kappa shape index (κ3) is 2.73. The lowest BCUT2D eigenvalue weighted by Crippen LogP contribution is -2.39. The Kier molecular flexibility index (Phi) is 4.49. The molecular formula is C13H15BrFNO4. The minimum atomic E-state index is -1.00. The summed E-state index contributed by atoms with van der Waals surface area (Å²) in [5.74, 6) is -2.57. The van der Waals surface area contributed by atoms with Crippen LogP contribution in [0.15, 0.2) is 10.5 Å². The van der Waals surface area contributed by atoms with Crippen molar-refractivity contribution in [3.05, 3.63) is 21.9 Å². The lowest BCUT2D eigenvalue weighted by molar-refractivity contribution is 0.0869. The van der Waals surface area contributed by atoms with Crippen molar-refractivity contribution in [2.45, 2.75) is 31.4 Å². The summed E-state index contributed by atoms with van der Waals surface area (Å²) >= 11 is 3.08. The number of rotatable bonds is 3. The molecule has 0 aliphatic heterocycles. The first-order valence-electron chi connectivity index (χ1n) is 6.19. The fourth-order valence-electron chi connectivity index (χ4n) is 2.31. The molecule has 3 N–H and O–H groups in total. The van der Waals surface area contributed by atoms with Crippen molar-refractivity contribution >= 4 is 21.8 Å². The monoisotopic (exact) mass is 347 g/mol. The molecule has 1 amide bonds. The number of methoxy groups -OCH3 is 1. The number of carbonyl (C=O) groups excluding carboxylic acids is 1. The molecule has 7 heteroatoms. The number of benzene rings is 1. The zero-order chi connectivity index (χ0) is 14.9. The maximum absolute atomic E-state index is 13.8. The van der Waals surface area contributed by atoms with Gasteiger partial charge in [0.2, 0.25) is 5.82 Å². The van der Waals surface area contributed by atoms with Gasteiger partial charge in [-0.05, 0) is 41.3 Å². The first kappa shape index (κ1) is 15.1. The van der Waals surface area contributed by atoms with Crippen molar-refractivity contribution in [3.8, 4) is 11.5 Å². The van der Waals surface area contributed by atoms with Crippen LogP contribution in [0.5, 0.6) is 11.5 Å². The molecule has 0 aromatic heterocycles. The predicted octanol–water partition coefficient (Wildman–Crippen LogP) is 1.95. The first-order valence-corrected chi connectivity index (χ1v) is 6.99. The Hall–Kier alpha value is -1.34. The molecule has 1 aliphatic carbocycles. The Balaban J connectivity index is 2.26. The van der Waals surface area contributed by atoms with E-state index in [1.807, 2.05) is 0 Å². The summed E-state index contributed by atoms with van der Waals surface area (Å²) in [7, 11) is 1.26. The molecule has 5 nitrogen and oxygen atoms in total. The summed E-state index contributed by atoms with van der Waals surface area (Å²) in [6.45, 7) is 0. The van der Waals surface area contributed by atoms with Crippen LogP contribution in [0.3, 0.4) is 0 Å². The maximum Gasteiger partial charge on any atom is 0.255 e. The highest BCUT2D eigenvalue weighted by Gasteiger charge is 2.29. The Morgan fingerprint density at radius 3 is 2.80 bits per heavy atom. The number of ether oxygens (including phenoxy) is 1. The van der Waals surface area contributed by atoms with Crippen molar-refractivity contribution in [1.82, 2.24) is 5.32 Å². The van der Waals surface area contributed by atoms with Crippen molar-refractivity contribution in [2.75, 3.05) is 7.11 Å². The number of carbonyl (C=O) groups is 1. The largest absolute Gasteiger partial charge is 0.504 e. The summed E-state index contributed by atoms with van der Waals surface area (Å²) in [5, 5.41) is 22.0. The molecule has 0 bridgehead atoms. The normalized spacial score (nSPS) is 21.8. The molecule has 0 saturated heterocycles. The minimum Gasteiger partial charge on any atom is -0.504 e. The van der Waals surface area contributed by atoms with Gasteiger partial charge in [-0.15, -0.1) is 0 Å². The van der Waals surface area contributed by atoms with E-state index in [-0.39, 0.29) is 21.8 Å². The van der Waals surface area contributed by atoms with E-state index in [9.17, 15) is 19.4 Å². The summed E-state index contributed by atoms with van der Waals surface area (Å²) in [6, 6.07) is 0.916. The minimum absolute atomic E-state index is 0.167. The second-order valence-corrected chi connectivity index (χ2v) is 5.53. The highest BCUT2D eigenvalue weighted by atomic mass is 79.9. The van der Waals surface area contributed by atoms with E-state index in [1.165, 1.54) is 13.2 Å². The number of phenols is 1. The Labute approximate surface area is 123 Å². The summed E-state index contributed by atoms with van der Waals surface area (Å²) < 4.78 is 18.9. The molecule has 1 aromatic rings. The Bertz CT molecular complexity index is 538. The molecule has 1 fully saturated rings. The molecule has 2 rings (SSSR count). The average Bonchev–Trinajstić information content (AvgIpc) is 2.80. The predicted molar refractivity (Wildman–Crippen MR) is 73.4 cm³/mol. The number of aliphatic hydroxyl groups is 1. The van der Waals surface area contributed by atoms with Crippen LogP contribution in [0.4, 0.5) is 4.39 Å². The van der Waals surface area contributed by atoms with Gasteiger partial charge in [0, 0.05) is 0 Å². The van der Waals surface area contributed by atoms with Gasteiger partial charge >= 0.3 is 0 Å². The van der Waals surface area contributed by atoms with Gasteiger partial charge in [-0.2, -0.15) is 4.39 Å². The molecule has 0 heterocycles. The van der Waals surface area contributed by atoms with E-state index in [0.29, 0.717) is 12.8 Å². The SMILES string of the molecule is COc1c(Br)cc(C(=O)NC2CCCC2O)c(O)c1F. The van der Waals surface area contributed by atoms with Crippen molar-refractivity contribution in [2.24, 2.45) is 0 Å². The molecule has 1 aromatic carbocycles. The highest BCUT2D eigenvalue weighted by molar-refractivity contribution is 9.10. The van der Waals surface area contributed by atoms with Gasteiger partial charge in [0.25, 0.3) is 5.91 Å². The lowest BCUT2D eigenvalue weighted by Gasteiger charge is -2.17. The van der Waals surface area contributed by atoms with Crippen LogP contribution >= 0.6 is 15.9 Å². The molecular weight excluding hydrogens is 333 g/mol. The fourth-order valence-corrected chi connectivity index (χ4v) is 2.87. The summed E-state index contributed by atoms with van der Waals surface area (Å²) in [5.41, 5.74) is -0.200. The third-order valence-electron chi connectivity index (χ3n) is 3.40. The average molecular weight is 348 g/mol. The number of halogens is 2. The smallest absolute Gasteiger partial charge is 0.255 e. The molecule has 1 saturated carbocycles. The van der Waals surface area contributed by atoms with Crippen molar-refractivity contribution in [1.29, 1.82) is 0 Å². The van der Waals surface area contributed by atoms with Crippen LogP contribution < -0.4 is 10.1 Å². The number of hydrogen-bond acceptors (Lipinski definition) is 4. The van der Waals surface area contributed by atoms with Crippen LogP contribution in [-0.4, -0.2) is 35.4 Å². The first-order chi connectivity index (χ1) is 9.45. The Morgan fingerprint density at radius 2 is 2.25 bits per heavy atom. The van der Waals surface area contributed by atoms with E-state index in [2.05, 4.69) is 21.2 Å². The highest BCUT2D eigenvalue weighted by Crippen LogP contribution is 2.36. The number of amides is 1. The molecule has 0 radical (unpaired) electrons. The standard InChI is InChI=1S/C13H15BrFNO4/c1-20-12-7(14)5-6(11(18)10(12)15)13(19)16-8-3-2-4-9(8)17/h5,8-9,17-18H,2-4H2,1H3,(H,16,19). The second-order valence-electron chi connectivity index (χ2n) is 4.68. The fraction of sp³-hybridized carbons (Fsp3) is 0.462. The van der Waals surface area contributed by atoms with Gasteiger partial charge < -0.3 is 20.3 Å². The molecule has 2 atom stereocenters. The Morgan fingerprint density at radius 1 is 1.55 bits per heavy atom. The van der Waals surface area contributed by atoms with Gasteiger partial charge in [-0.3, -0.25) is 4.79 Å². The molecule has 110 valence electrons. The van der Waals surface area contributed by atoms with E-state index >= 15 is 0 Å². The van der Waals surface area contributed by atoms with Crippen LogP contribution in [0, 0.1) is 5.82 Å². The van der Waals surface area contributed by atoms with Crippen LogP contribution in [-0.2, 0) is 0 Å². The van der Waals surface area contributed by atoms with Gasteiger partial charge in [-0.25, -0.2) is 0 Å². The van der Waals surface area contributed by atoms with E-state index in [1.54, 1.807) is 0 Å². The van der Waals surface area contributed by atoms with Gasteiger partial charge in [0.1, 0.15) is 0 Å². The topological polar surface area (TPSA) is 78.8 Å². The van der Waals surface area contributed by atoms with Gasteiger partial charge in [0.05, 0.1) is 29.3 Å². The van der Waals surface area contributed by atoms with Crippen LogP contribution in [0.2, 0.25) is 0 Å². The van der Waals surface area contributed by atoms with Gasteiger partial charge in [-0.1, -0.05) is 0 Å². The van der Waals surface area contributed by atoms with Gasteiger partial charge in [0.15, 0.2) is 11.5 Å². The maximum atomic E-state index is 13.8. The zero-order valence-corrected chi connectivity index (χ0v) is 12.4. The quantitative estimate of drug-likeness (QED) is 0.780. The second kappa shape index (κ2) is 5.97. The van der Waals surface area contributed by atoms with Crippen LogP contribution in [0.25, 0.3) is 0 Å². The number of phenolic OH excluding ortho intramolecular Hbond substituents is 1. The molecule has 0 spiro atoms.